The monoisotopic (exact) mass is 1060 g/mol. The van der Waals surface area contributed by atoms with Crippen molar-refractivity contribution in [3.05, 3.63) is 12.2 Å². The number of unbranched alkanes of at least 4 members (excludes halogenated alkanes) is 52. The number of allylic oxidation sites excluding steroid dienone is 2. The number of carbonyl (C=O) groups excluding carboxylic acids is 2. The fourth-order valence-electron chi connectivity index (χ4n) is 11.1. The standard InChI is InChI=1S/C69H135NO5/c1-3-5-7-9-11-13-15-17-19-20-31-34-37-41-45-49-53-57-61-67(72)66(65-71)70-68(73)62-58-54-50-46-42-38-35-32-29-27-25-23-21-22-24-26-28-30-33-36-40-44-48-52-56-60-64-75-69(74)63-59-55-51-47-43-39-18-16-14-12-10-8-6-4-2/h16,18,66-67,71-72H,3-15,17,19-65H2,1-2H3,(H,70,73)/b18-16-. The van der Waals surface area contributed by atoms with Crippen molar-refractivity contribution in [2.24, 2.45) is 0 Å². The first-order chi connectivity index (χ1) is 37.0. The fraction of sp³-hybridized carbons (Fsp3) is 0.942. The summed E-state index contributed by atoms with van der Waals surface area (Å²) in [6, 6.07) is -0.539. The minimum absolute atomic E-state index is 0.00967. The van der Waals surface area contributed by atoms with Gasteiger partial charge in [0.1, 0.15) is 0 Å². The Morgan fingerprint density at radius 1 is 0.360 bits per heavy atom. The van der Waals surface area contributed by atoms with E-state index in [1.54, 1.807) is 0 Å². The van der Waals surface area contributed by atoms with Gasteiger partial charge in [0.15, 0.2) is 0 Å². The highest BCUT2D eigenvalue weighted by Gasteiger charge is 2.20. The summed E-state index contributed by atoms with van der Waals surface area (Å²) in [6.45, 7) is 4.98. The molecule has 0 aromatic carbocycles. The quantitative estimate of drug-likeness (QED) is 0.0320. The second-order valence-electron chi connectivity index (χ2n) is 23.9. The van der Waals surface area contributed by atoms with Crippen molar-refractivity contribution >= 4 is 11.9 Å². The lowest BCUT2D eigenvalue weighted by Crippen LogP contribution is -2.45. The van der Waals surface area contributed by atoms with Crippen LogP contribution in [0.5, 0.6) is 0 Å². The third-order valence-corrected chi connectivity index (χ3v) is 16.3. The Kier molecular flexibility index (Phi) is 63.9. The van der Waals surface area contributed by atoms with E-state index in [0.717, 1.165) is 44.9 Å². The highest BCUT2D eigenvalue weighted by atomic mass is 16.5. The van der Waals surface area contributed by atoms with Gasteiger partial charge >= 0.3 is 5.97 Å². The Morgan fingerprint density at radius 3 is 0.947 bits per heavy atom. The van der Waals surface area contributed by atoms with Crippen LogP contribution >= 0.6 is 0 Å². The molecule has 75 heavy (non-hydrogen) atoms. The van der Waals surface area contributed by atoms with Crippen molar-refractivity contribution in [1.29, 1.82) is 0 Å². The molecule has 6 nitrogen and oxygen atoms in total. The zero-order valence-corrected chi connectivity index (χ0v) is 51.1. The van der Waals surface area contributed by atoms with Gasteiger partial charge in [0, 0.05) is 12.8 Å². The maximum atomic E-state index is 12.5. The van der Waals surface area contributed by atoms with E-state index < -0.39 is 12.1 Å². The largest absolute Gasteiger partial charge is 0.466 e. The van der Waals surface area contributed by atoms with Crippen molar-refractivity contribution in [3.8, 4) is 0 Å². The predicted octanol–water partition coefficient (Wildman–Crippen LogP) is 22.0. The highest BCUT2D eigenvalue weighted by Crippen LogP contribution is 2.19. The van der Waals surface area contributed by atoms with Gasteiger partial charge in [-0.15, -0.1) is 0 Å². The minimum atomic E-state index is -0.662. The molecule has 3 N–H and O–H groups in total. The summed E-state index contributed by atoms with van der Waals surface area (Å²) >= 11 is 0. The van der Waals surface area contributed by atoms with Crippen molar-refractivity contribution in [2.75, 3.05) is 13.2 Å². The van der Waals surface area contributed by atoms with Gasteiger partial charge in [-0.25, -0.2) is 0 Å². The van der Waals surface area contributed by atoms with Gasteiger partial charge in [0.2, 0.25) is 5.91 Å². The van der Waals surface area contributed by atoms with E-state index in [0.29, 0.717) is 25.9 Å². The molecule has 0 radical (unpaired) electrons. The van der Waals surface area contributed by atoms with E-state index >= 15 is 0 Å². The van der Waals surface area contributed by atoms with Crippen LogP contribution in [0.4, 0.5) is 0 Å². The SMILES string of the molecule is CCCCCCC/C=C\CCCCCCCC(=O)OCCCCCCCCCCCCCCCCCCCCCCCCCCCCC(=O)NC(CO)C(O)CCCCCCCCCCCCCCCCCCCC. The average molecular weight is 1060 g/mol. The zero-order valence-electron chi connectivity index (χ0n) is 51.1. The lowest BCUT2D eigenvalue weighted by Gasteiger charge is -2.22. The van der Waals surface area contributed by atoms with Gasteiger partial charge in [-0.1, -0.05) is 341 Å². The summed E-state index contributed by atoms with van der Waals surface area (Å²) in [7, 11) is 0. The summed E-state index contributed by atoms with van der Waals surface area (Å²) < 4.78 is 5.49. The molecule has 0 aliphatic rings. The molecule has 2 unspecified atom stereocenters. The second-order valence-corrected chi connectivity index (χ2v) is 23.9. The van der Waals surface area contributed by atoms with Gasteiger partial charge in [0.25, 0.3) is 0 Å². The molecule has 0 saturated heterocycles. The van der Waals surface area contributed by atoms with Crippen LogP contribution in [0.1, 0.15) is 393 Å². The van der Waals surface area contributed by atoms with E-state index in [1.165, 1.54) is 315 Å². The number of carbonyl (C=O) groups is 2. The third kappa shape index (κ3) is 61.7. The molecule has 0 aliphatic heterocycles. The van der Waals surface area contributed by atoms with Gasteiger partial charge in [-0.3, -0.25) is 9.59 Å². The van der Waals surface area contributed by atoms with E-state index in [4.69, 9.17) is 4.74 Å². The Hall–Kier alpha value is -1.40. The number of ether oxygens (including phenoxy) is 1. The van der Waals surface area contributed by atoms with Gasteiger partial charge in [-0.05, 0) is 51.4 Å². The van der Waals surface area contributed by atoms with Crippen LogP contribution in [0.3, 0.4) is 0 Å². The maximum absolute atomic E-state index is 12.5. The molecule has 0 fully saturated rings. The molecular weight excluding hydrogens is 923 g/mol. The van der Waals surface area contributed by atoms with E-state index in [1.807, 2.05) is 0 Å². The fourth-order valence-corrected chi connectivity index (χ4v) is 11.1. The first-order valence-corrected chi connectivity index (χ1v) is 34.4. The molecule has 6 heteroatoms. The van der Waals surface area contributed by atoms with E-state index in [9.17, 15) is 19.8 Å². The zero-order chi connectivity index (χ0) is 54.3. The molecule has 0 saturated carbocycles. The molecular formula is C69H135NO5. The number of amides is 1. The third-order valence-electron chi connectivity index (χ3n) is 16.3. The van der Waals surface area contributed by atoms with Crippen LogP contribution < -0.4 is 5.32 Å². The van der Waals surface area contributed by atoms with E-state index in [-0.39, 0.29) is 18.5 Å². The number of hydrogen-bond acceptors (Lipinski definition) is 5. The van der Waals surface area contributed by atoms with Crippen molar-refractivity contribution in [3.63, 3.8) is 0 Å². The number of rotatable bonds is 65. The number of aliphatic hydroxyl groups is 2. The molecule has 0 aliphatic carbocycles. The topological polar surface area (TPSA) is 95.9 Å². The molecule has 1 amide bonds. The molecule has 0 rings (SSSR count). The van der Waals surface area contributed by atoms with E-state index in [2.05, 4.69) is 31.3 Å². The molecule has 0 heterocycles. The predicted molar refractivity (Wildman–Crippen MR) is 329 cm³/mol. The average Bonchev–Trinajstić information content (AvgIpc) is 3.41. The Balaban J connectivity index is 3.35. The van der Waals surface area contributed by atoms with Crippen molar-refractivity contribution in [1.82, 2.24) is 5.32 Å². The summed E-state index contributed by atoms with van der Waals surface area (Å²) in [5, 5.41) is 23.4. The second kappa shape index (κ2) is 65.1. The van der Waals surface area contributed by atoms with Crippen LogP contribution in [0, 0.1) is 0 Å². The van der Waals surface area contributed by atoms with Crippen molar-refractivity contribution < 1.29 is 24.5 Å². The number of esters is 1. The van der Waals surface area contributed by atoms with Crippen LogP contribution in [0.25, 0.3) is 0 Å². The summed E-state index contributed by atoms with van der Waals surface area (Å²) in [6.07, 6.45) is 79.6. The van der Waals surface area contributed by atoms with Crippen molar-refractivity contribution in [2.45, 2.75) is 405 Å². The molecule has 0 spiro atoms. The Bertz CT molecular complexity index is 1130. The first-order valence-electron chi connectivity index (χ1n) is 34.4. The summed E-state index contributed by atoms with van der Waals surface area (Å²) in [4.78, 5) is 24.6. The Morgan fingerprint density at radius 2 is 0.627 bits per heavy atom. The van der Waals surface area contributed by atoms with Gasteiger partial charge in [-0.2, -0.15) is 0 Å². The van der Waals surface area contributed by atoms with Crippen LogP contribution in [0.2, 0.25) is 0 Å². The number of nitrogens with one attached hydrogen (secondary N) is 1. The van der Waals surface area contributed by atoms with Crippen LogP contribution in [-0.2, 0) is 14.3 Å². The minimum Gasteiger partial charge on any atom is -0.466 e. The first kappa shape index (κ1) is 73.6. The van der Waals surface area contributed by atoms with Gasteiger partial charge < -0.3 is 20.3 Å². The van der Waals surface area contributed by atoms with Gasteiger partial charge in [0.05, 0.1) is 25.4 Å². The van der Waals surface area contributed by atoms with Crippen LogP contribution in [0.15, 0.2) is 12.2 Å². The lowest BCUT2D eigenvalue weighted by molar-refractivity contribution is -0.143. The molecule has 0 bridgehead atoms. The molecule has 0 aromatic rings. The molecule has 2 atom stereocenters. The molecule has 0 aromatic heterocycles. The molecule has 446 valence electrons. The number of hydrogen-bond donors (Lipinski definition) is 3. The maximum Gasteiger partial charge on any atom is 0.305 e. The normalized spacial score (nSPS) is 12.5. The highest BCUT2D eigenvalue weighted by molar-refractivity contribution is 5.76. The summed E-state index contributed by atoms with van der Waals surface area (Å²) in [5.41, 5.74) is 0. The number of aliphatic hydroxyl groups excluding tert-OH is 2. The lowest BCUT2D eigenvalue weighted by atomic mass is 10.0. The summed E-state index contributed by atoms with van der Waals surface area (Å²) in [5.74, 6) is -0.0190. The Labute approximate surface area is 469 Å². The van der Waals surface area contributed by atoms with Crippen LogP contribution in [-0.4, -0.2) is 47.4 Å². The smallest absolute Gasteiger partial charge is 0.305 e.